The highest BCUT2D eigenvalue weighted by atomic mass is 32.2. The number of aryl methyl sites for hydroxylation is 1. The maximum Gasteiger partial charge on any atom is 0.273 e. The fraction of sp³-hybridized carbons (Fsp3) is 0.353. The first-order valence-corrected chi connectivity index (χ1v) is 9.41. The predicted molar refractivity (Wildman–Crippen MR) is 96.5 cm³/mol. The number of hydrogen-bond donors (Lipinski definition) is 0. The topological polar surface area (TPSA) is 68.6 Å². The lowest BCUT2D eigenvalue weighted by Gasteiger charge is -2.16. The van der Waals surface area contributed by atoms with Crippen molar-refractivity contribution in [2.24, 2.45) is 7.05 Å². The van der Waals surface area contributed by atoms with Crippen LogP contribution in [0.1, 0.15) is 5.56 Å². The molecule has 0 saturated carbocycles. The number of aromatic nitrogens is 1. The van der Waals surface area contributed by atoms with E-state index in [2.05, 4.69) is 0 Å². The number of benzene rings is 1. The van der Waals surface area contributed by atoms with Crippen LogP contribution in [0.15, 0.2) is 35.3 Å². The van der Waals surface area contributed by atoms with Gasteiger partial charge in [-0.3, -0.25) is 4.79 Å². The van der Waals surface area contributed by atoms with Crippen LogP contribution in [0.5, 0.6) is 5.75 Å². The Labute approximate surface area is 142 Å². The summed E-state index contributed by atoms with van der Waals surface area (Å²) < 4.78 is 30.1. The number of hydrogen-bond acceptors (Lipinski definition) is 5. The summed E-state index contributed by atoms with van der Waals surface area (Å²) in [5.74, 6) is 0.429. The smallest absolute Gasteiger partial charge is 0.273 e. The van der Waals surface area contributed by atoms with E-state index in [0.717, 1.165) is 11.1 Å². The Morgan fingerprint density at radius 3 is 2.38 bits per heavy atom. The van der Waals surface area contributed by atoms with Gasteiger partial charge in [0.1, 0.15) is 11.4 Å². The number of methoxy groups -OCH3 is 1. The van der Waals surface area contributed by atoms with E-state index in [1.807, 2.05) is 20.2 Å². The summed E-state index contributed by atoms with van der Waals surface area (Å²) in [6, 6.07) is 7.19. The Balaban J connectivity index is 2.61. The first-order chi connectivity index (χ1) is 11.1. The molecule has 0 unspecified atom stereocenters. The summed E-state index contributed by atoms with van der Waals surface area (Å²) in [6.07, 6.45) is 2.93. The standard InChI is InChI=1S/C17H22N2O4S/c1-18(2)15-9-13(10-19(3)17(15)20)12-6-7-16(23-4)14(8-12)11-24(5,21)22/h6-10H,11H2,1-5H3. The fourth-order valence-corrected chi connectivity index (χ4v) is 3.32. The largest absolute Gasteiger partial charge is 0.496 e. The van der Waals surface area contributed by atoms with E-state index >= 15 is 0 Å². The highest BCUT2D eigenvalue weighted by Gasteiger charge is 2.13. The van der Waals surface area contributed by atoms with Crippen LogP contribution in [-0.2, 0) is 22.6 Å². The van der Waals surface area contributed by atoms with Gasteiger partial charge in [0.05, 0.1) is 12.9 Å². The van der Waals surface area contributed by atoms with Gasteiger partial charge >= 0.3 is 0 Å². The van der Waals surface area contributed by atoms with Crippen LogP contribution in [0, 0.1) is 0 Å². The molecular formula is C17H22N2O4S. The van der Waals surface area contributed by atoms with Gasteiger partial charge in [-0.2, -0.15) is 0 Å². The molecule has 0 radical (unpaired) electrons. The molecular weight excluding hydrogens is 328 g/mol. The molecule has 7 heteroatoms. The first-order valence-electron chi connectivity index (χ1n) is 7.35. The molecule has 1 aromatic heterocycles. The van der Waals surface area contributed by atoms with E-state index in [1.165, 1.54) is 17.9 Å². The molecule has 130 valence electrons. The van der Waals surface area contributed by atoms with Crippen molar-refractivity contribution in [2.75, 3.05) is 32.4 Å². The molecule has 1 aromatic carbocycles. The SMILES string of the molecule is COc1ccc(-c2cc(N(C)C)c(=O)n(C)c2)cc1CS(C)(=O)=O. The number of ether oxygens (including phenoxy) is 1. The Kier molecular flexibility index (Phi) is 5.03. The third-order valence-electron chi connectivity index (χ3n) is 3.68. The Bertz CT molecular complexity index is 915. The van der Waals surface area contributed by atoms with E-state index in [9.17, 15) is 13.2 Å². The molecule has 0 bridgehead atoms. The number of rotatable bonds is 5. The van der Waals surface area contributed by atoms with Crippen LogP contribution in [-0.4, -0.2) is 40.4 Å². The number of anilines is 1. The zero-order chi connectivity index (χ0) is 18.1. The summed E-state index contributed by atoms with van der Waals surface area (Å²) in [4.78, 5) is 13.9. The van der Waals surface area contributed by atoms with Gasteiger partial charge in [-0.05, 0) is 23.8 Å². The van der Waals surface area contributed by atoms with Gasteiger partial charge in [0, 0.05) is 44.7 Å². The van der Waals surface area contributed by atoms with Gasteiger partial charge in [-0.1, -0.05) is 6.07 Å². The van der Waals surface area contributed by atoms with Gasteiger partial charge in [0.25, 0.3) is 5.56 Å². The Morgan fingerprint density at radius 2 is 1.83 bits per heavy atom. The monoisotopic (exact) mass is 350 g/mol. The van der Waals surface area contributed by atoms with Crippen LogP contribution in [0.2, 0.25) is 0 Å². The summed E-state index contributed by atoms with van der Waals surface area (Å²) in [5.41, 5.74) is 2.73. The molecule has 2 aromatic rings. The van der Waals surface area contributed by atoms with Crippen LogP contribution in [0.3, 0.4) is 0 Å². The van der Waals surface area contributed by atoms with Crippen LogP contribution in [0.25, 0.3) is 11.1 Å². The minimum Gasteiger partial charge on any atom is -0.496 e. The molecule has 0 saturated heterocycles. The second kappa shape index (κ2) is 6.68. The molecule has 1 heterocycles. The van der Waals surface area contributed by atoms with Crippen molar-refractivity contribution in [3.05, 3.63) is 46.4 Å². The molecule has 24 heavy (non-hydrogen) atoms. The van der Waals surface area contributed by atoms with Crippen molar-refractivity contribution in [1.82, 2.24) is 4.57 Å². The average Bonchev–Trinajstić information content (AvgIpc) is 2.47. The van der Waals surface area contributed by atoms with E-state index < -0.39 is 9.84 Å². The average molecular weight is 350 g/mol. The lowest BCUT2D eigenvalue weighted by atomic mass is 10.0. The third-order valence-corrected chi connectivity index (χ3v) is 4.51. The molecule has 0 aliphatic heterocycles. The first kappa shape index (κ1) is 18.1. The van der Waals surface area contributed by atoms with Crippen LogP contribution < -0.4 is 15.2 Å². The Hall–Kier alpha value is -2.28. The van der Waals surface area contributed by atoms with E-state index in [0.29, 0.717) is 17.0 Å². The molecule has 0 N–H and O–H groups in total. The second-order valence-corrected chi connectivity index (χ2v) is 8.16. The van der Waals surface area contributed by atoms with Crippen molar-refractivity contribution in [3.63, 3.8) is 0 Å². The summed E-state index contributed by atoms with van der Waals surface area (Å²) >= 11 is 0. The molecule has 0 atom stereocenters. The van der Waals surface area contributed by atoms with E-state index in [-0.39, 0.29) is 11.3 Å². The van der Waals surface area contributed by atoms with Gasteiger partial charge in [-0.25, -0.2) is 8.42 Å². The lowest BCUT2D eigenvalue weighted by molar-refractivity contribution is 0.411. The quantitative estimate of drug-likeness (QED) is 0.820. The van der Waals surface area contributed by atoms with Crippen molar-refractivity contribution in [1.29, 1.82) is 0 Å². The fourth-order valence-electron chi connectivity index (χ4n) is 2.53. The second-order valence-electron chi connectivity index (χ2n) is 6.02. The maximum atomic E-state index is 12.2. The molecule has 0 aliphatic carbocycles. The van der Waals surface area contributed by atoms with Crippen LogP contribution in [0.4, 0.5) is 5.69 Å². The van der Waals surface area contributed by atoms with Gasteiger partial charge in [0.15, 0.2) is 9.84 Å². The summed E-state index contributed by atoms with van der Waals surface area (Å²) in [7, 11) is 3.63. The van der Waals surface area contributed by atoms with Crippen molar-refractivity contribution in [2.45, 2.75) is 5.75 Å². The molecule has 2 rings (SSSR count). The highest BCUT2D eigenvalue weighted by Crippen LogP contribution is 2.28. The van der Waals surface area contributed by atoms with Crippen molar-refractivity contribution < 1.29 is 13.2 Å². The Morgan fingerprint density at radius 1 is 1.17 bits per heavy atom. The zero-order valence-corrected chi connectivity index (χ0v) is 15.3. The molecule has 0 aliphatic rings. The van der Waals surface area contributed by atoms with Gasteiger partial charge in [0.2, 0.25) is 0 Å². The van der Waals surface area contributed by atoms with Gasteiger partial charge in [-0.15, -0.1) is 0 Å². The molecule has 0 fully saturated rings. The molecule has 0 amide bonds. The van der Waals surface area contributed by atoms with Crippen molar-refractivity contribution >= 4 is 15.5 Å². The van der Waals surface area contributed by atoms with Crippen molar-refractivity contribution in [3.8, 4) is 16.9 Å². The zero-order valence-electron chi connectivity index (χ0n) is 14.5. The number of sulfone groups is 1. The summed E-state index contributed by atoms with van der Waals surface area (Å²) in [5, 5.41) is 0. The predicted octanol–water partition coefficient (Wildman–Crippen LogP) is 1.67. The molecule has 6 nitrogen and oxygen atoms in total. The number of pyridine rings is 1. The summed E-state index contributed by atoms with van der Waals surface area (Å²) in [6.45, 7) is 0. The van der Waals surface area contributed by atoms with E-state index in [4.69, 9.17) is 4.74 Å². The maximum absolute atomic E-state index is 12.2. The molecule has 0 spiro atoms. The van der Waals surface area contributed by atoms with Gasteiger partial charge < -0.3 is 14.2 Å². The van der Waals surface area contributed by atoms with Crippen LogP contribution >= 0.6 is 0 Å². The number of nitrogens with zero attached hydrogens (tertiary/aromatic N) is 2. The lowest BCUT2D eigenvalue weighted by Crippen LogP contribution is -2.25. The van der Waals surface area contributed by atoms with E-state index in [1.54, 1.807) is 36.3 Å². The highest BCUT2D eigenvalue weighted by molar-refractivity contribution is 7.89. The normalized spacial score (nSPS) is 11.4. The minimum atomic E-state index is -3.19. The minimum absolute atomic E-state index is 0.0892. The third kappa shape index (κ3) is 3.97.